The van der Waals surface area contributed by atoms with Crippen LogP contribution < -0.4 is 21.7 Å². The molecule has 1 rings (SSSR count). The second-order valence-electron chi connectivity index (χ2n) is 9.25. The number of aromatic hydroxyl groups is 1. The summed E-state index contributed by atoms with van der Waals surface area (Å²) in [6, 6.07) is 2.12. The Morgan fingerprint density at radius 1 is 0.944 bits per heavy atom. The van der Waals surface area contributed by atoms with Crippen LogP contribution in [0.25, 0.3) is 0 Å². The van der Waals surface area contributed by atoms with E-state index < -0.39 is 47.9 Å². The van der Waals surface area contributed by atoms with Gasteiger partial charge in [-0.25, -0.2) is 4.79 Å². The first kappa shape index (κ1) is 31.2. The summed E-state index contributed by atoms with van der Waals surface area (Å²) in [5.41, 5.74) is 6.55. The van der Waals surface area contributed by atoms with Gasteiger partial charge in [-0.15, -0.1) is 0 Å². The lowest BCUT2D eigenvalue weighted by Crippen LogP contribution is -2.59. The molecule has 0 heterocycles. The van der Waals surface area contributed by atoms with Gasteiger partial charge < -0.3 is 31.9 Å². The van der Waals surface area contributed by atoms with E-state index in [1.165, 1.54) is 23.9 Å². The van der Waals surface area contributed by atoms with Crippen LogP contribution in [-0.2, 0) is 25.6 Å². The minimum absolute atomic E-state index is 0.00201. The molecule has 0 fully saturated rings. The van der Waals surface area contributed by atoms with Crippen molar-refractivity contribution in [1.29, 1.82) is 0 Å². The molecule has 36 heavy (non-hydrogen) atoms. The van der Waals surface area contributed by atoms with Crippen molar-refractivity contribution in [2.75, 3.05) is 12.0 Å². The van der Waals surface area contributed by atoms with E-state index >= 15 is 0 Å². The average Bonchev–Trinajstić information content (AvgIpc) is 2.84. The zero-order valence-corrected chi connectivity index (χ0v) is 22.4. The number of aliphatic carboxylic acids is 1. The minimum atomic E-state index is -1.23. The maximum Gasteiger partial charge on any atom is 0.326 e. The molecule has 0 aromatic heterocycles. The van der Waals surface area contributed by atoms with Crippen molar-refractivity contribution in [3.8, 4) is 5.75 Å². The monoisotopic (exact) mass is 524 g/mol. The van der Waals surface area contributed by atoms with Crippen LogP contribution in [0.2, 0.25) is 0 Å². The standard InChI is InChI=1S/C25H40N4O6S/c1-6-15(4)21(24(33)28-19(25(34)35)13-16-7-9-17(30)10-8-16)29-22(31)18(11-12-36-5)27-23(32)20(26)14(2)3/h7-10,14-15,18-21,30H,6,11-13,26H2,1-5H3,(H,27,32)(H,28,33)(H,29,31)(H,34,35). The first-order valence-electron chi connectivity index (χ1n) is 12.1. The summed E-state index contributed by atoms with van der Waals surface area (Å²) < 4.78 is 0. The molecule has 0 saturated heterocycles. The summed E-state index contributed by atoms with van der Waals surface area (Å²) in [6.45, 7) is 7.25. The fourth-order valence-corrected chi connectivity index (χ4v) is 3.83. The van der Waals surface area contributed by atoms with E-state index in [0.29, 0.717) is 24.2 Å². The van der Waals surface area contributed by atoms with Crippen LogP contribution in [0.5, 0.6) is 5.75 Å². The van der Waals surface area contributed by atoms with Crippen molar-refractivity contribution in [2.45, 2.75) is 71.1 Å². The van der Waals surface area contributed by atoms with Gasteiger partial charge in [-0.2, -0.15) is 11.8 Å². The van der Waals surface area contributed by atoms with E-state index in [2.05, 4.69) is 16.0 Å². The number of hydrogen-bond acceptors (Lipinski definition) is 7. The van der Waals surface area contributed by atoms with E-state index in [1.54, 1.807) is 19.1 Å². The molecule has 0 aliphatic carbocycles. The molecule has 202 valence electrons. The molecule has 1 aromatic carbocycles. The van der Waals surface area contributed by atoms with Crippen LogP contribution in [0.3, 0.4) is 0 Å². The highest BCUT2D eigenvalue weighted by molar-refractivity contribution is 7.98. The molecule has 0 radical (unpaired) electrons. The summed E-state index contributed by atoms with van der Waals surface area (Å²) in [7, 11) is 0. The Bertz CT molecular complexity index is 880. The number of thioether (sulfide) groups is 1. The van der Waals surface area contributed by atoms with Gasteiger partial charge in [0, 0.05) is 6.42 Å². The lowest BCUT2D eigenvalue weighted by atomic mass is 9.96. The number of carbonyl (C=O) groups excluding carboxylic acids is 3. The molecule has 7 N–H and O–H groups in total. The average molecular weight is 525 g/mol. The van der Waals surface area contributed by atoms with Gasteiger partial charge in [-0.05, 0) is 48.0 Å². The fraction of sp³-hybridized carbons (Fsp3) is 0.600. The number of nitrogens with two attached hydrogens (primary N) is 1. The first-order chi connectivity index (χ1) is 16.9. The first-order valence-corrected chi connectivity index (χ1v) is 13.5. The second kappa shape index (κ2) is 15.4. The van der Waals surface area contributed by atoms with Gasteiger partial charge in [0.2, 0.25) is 17.7 Å². The van der Waals surface area contributed by atoms with Crippen molar-refractivity contribution < 1.29 is 29.4 Å². The molecule has 5 unspecified atom stereocenters. The Balaban J connectivity index is 3.03. The summed E-state index contributed by atoms with van der Waals surface area (Å²) >= 11 is 1.52. The van der Waals surface area contributed by atoms with Crippen LogP contribution in [-0.4, -0.2) is 70.1 Å². The second-order valence-corrected chi connectivity index (χ2v) is 10.2. The molecule has 3 amide bonds. The molecule has 0 aliphatic rings. The van der Waals surface area contributed by atoms with Crippen molar-refractivity contribution in [1.82, 2.24) is 16.0 Å². The normalized spacial score (nSPS) is 15.3. The zero-order chi connectivity index (χ0) is 27.4. The maximum atomic E-state index is 13.2. The van der Waals surface area contributed by atoms with Crippen LogP contribution in [0.1, 0.15) is 46.1 Å². The highest BCUT2D eigenvalue weighted by atomic mass is 32.2. The van der Waals surface area contributed by atoms with Gasteiger partial charge in [0.15, 0.2) is 0 Å². The van der Waals surface area contributed by atoms with Crippen LogP contribution >= 0.6 is 11.8 Å². The Hall–Kier alpha value is -2.79. The Morgan fingerprint density at radius 3 is 2.03 bits per heavy atom. The van der Waals surface area contributed by atoms with Crippen LogP contribution in [0.15, 0.2) is 24.3 Å². The molecule has 0 spiro atoms. The number of carboxylic acids is 1. The molecular formula is C25H40N4O6S. The van der Waals surface area contributed by atoms with Crippen molar-refractivity contribution in [3.05, 3.63) is 29.8 Å². The number of benzene rings is 1. The number of rotatable bonds is 15. The lowest BCUT2D eigenvalue weighted by molar-refractivity contribution is -0.142. The molecule has 0 aliphatic heterocycles. The lowest BCUT2D eigenvalue weighted by Gasteiger charge is -2.28. The maximum absolute atomic E-state index is 13.2. The van der Waals surface area contributed by atoms with Crippen LogP contribution in [0.4, 0.5) is 0 Å². The molecule has 0 saturated carbocycles. The van der Waals surface area contributed by atoms with E-state index in [-0.39, 0.29) is 24.0 Å². The molecule has 10 nitrogen and oxygen atoms in total. The number of hydrogen-bond donors (Lipinski definition) is 6. The number of phenolic OH excluding ortho intramolecular Hbond substituents is 1. The summed E-state index contributed by atoms with van der Waals surface area (Å²) in [5.74, 6) is -2.59. The molecule has 11 heteroatoms. The molecule has 0 bridgehead atoms. The minimum Gasteiger partial charge on any atom is -0.508 e. The van der Waals surface area contributed by atoms with Gasteiger partial charge in [0.25, 0.3) is 0 Å². The fourth-order valence-electron chi connectivity index (χ4n) is 3.36. The third-order valence-corrected chi connectivity index (χ3v) is 6.69. The van der Waals surface area contributed by atoms with Gasteiger partial charge in [0.05, 0.1) is 6.04 Å². The molecule has 1 aromatic rings. The SMILES string of the molecule is CCC(C)C(NC(=O)C(CCSC)NC(=O)C(N)C(C)C)C(=O)NC(Cc1ccc(O)cc1)C(=O)O. The highest BCUT2D eigenvalue weighted by Gasteiger charge is 2.33. The van der Waals surface area contributed by atoms with E-state index in [1.807, 2.05) is 27.0 Å². The smallest absolute Gasteiger partial charge is 0.326 e. The van der Waals surface area contributed by atoms with Crippen molar-refractivity contribution in [3.63, 3.8) is 0 Å². The van der Waals surface area contributed by atoms with E-state index in [4.69, 9.17) is 5.73 Å². The van der Waals surface area contributed by atoms with Gasteiger partial charge in [0.1, 0.15) is 23.9 Å². The third kappa shape index (κ3) is 10.1. The molecular weight excluding hydrogens is 484 g/mol. The topological polar surface area (TPSA) is 171 Å². The van der Waals surface area contributed by atoms with Gasteiger partial charge >= 0.3 is 5.97 Å². The number of carbonyl (C=O) groups is 4. The Labute approximate surface area is 217 Å². The Morgan fingerprint density at radius 2 is 1.53 bits per heavy atom. The van der Waals surface area contributed by atoms with Gasteiger partial charge in [-0.1, -0.05) is 46.2 Å². The summed E-state index contributed by atoms with van der Waals surface area (Å²) in [4.78, 5) is 50.7. The largest absolute Gasteiger partial charge is 0.508 e. The van der Waals surface area contributed by atoms with Crippen LogP contribution in [0, 0.1) is 11.8 Å². The van der Waals surface area contributed by atoms with Gasteiger partial charge in [-0.3, -0.25) is 14.4 Å². The third-order valence-electron chi connectivity index (χ3n) is 6.05. The summed E-state index contributed by atoms with van der Waals surface area (Å²) in [6.07, 6.45) is 2.78. The molecule has 5 atom stereocenters. The Kier molecular flexibility index (Phi) is 13.3. The summed E-state index contributed by atoms with van der Waals surface area (Å²) in [5, 5.41) is 27.1. The highest BCUT2D eigenvalue weighted by Crippen LogP contribution is 2.14. The van der Waals surface area contributed by atoms with Crippen molar-refractivity contribution in [2.24, 2.45) is 17.6 Å². The predicted molar refractivity (Wildman–Crippen MR) is 141 cm³/mol. The number of nitrogens with one attached hydrogen (secondary N) is 3. The van der Waals surface area contributed by atoms with Crippen molar-refractivity contribution >= 4 is 35.5 Å². The number of phenols is 1. The predicted octanol–water partition coefficient (Wildman–Crippen LogP) is 1.26. The quantitative estimate of drug-likeness (QED) is 0.199. The number of amides is 3. The number of carboxylic acid groups (broad SMARTS) is 1. The zero-order valence-electron chi connectivity index (χ0n) is 21.6. The van der Waals surface area contributed by atoms with E-state index in [0.717, 1.165) is 0 Å². The van der Waals surface area contributed by atoms with E-state index in [9.17, 15) is 29.4 Å².